The van der Waals surface area contributed by atoms with Gasteiger partial charge in [0.2, 0.25) is 0 Å². The van der Waals surface area contributed by atoms with Gasteiger partial charge in [0.15, 0.2) is 0 Å². The number of nitrogens with one attached hydrogen (secondary N) is 2. The predicted octanol–water partition coefficient (Wildman–Crippen LogP) is 2.74. The summed E-state index contributed by atoms with van der Waals surface area (Å²) in [6.45, 7) is 4.40. The lowest BCUT2D eigenvalue weighted by molar-refractivity contribution is 0.0851. The van der Waals surface area contributed by atoms with Gasteiger partial charge in [0, 0.05) is 17.5 Å². The van der Waals surface area contributed by atoms with Gasteiger partial charge in [0.25, 0.3) is 5.91 Å². The number of halogens is 1. The summed E-state index contributed by atoms with van der Waals surface area (Å²) in [5.74, 6) is -0.601. The first-order valence-electron chi connectivity index (χ1n) is 7.73. The Morgan fingerprint density at radius 2 is 1.96 bits per heavy atom. The number of benzene rings is 1. The molecule has 5 nitrogen and oxygen atoms in total. The first-order chi connectivity index (χ1) is 11.0. The second-order valence-electron chi connectivity index (χ2n) is 5.71. The molecule has 0 saturated heterocycles. The molecule has 0 saturated carbocycles. The van der Waals surface area contributed by atoms with Crippen LogP contribution in [0.4, 0.5) is 4.39 Å². The lowest BCUT2D eigenvalue weighted by atomic mass is 9.83. The van der Waals surface area contributed by atoms with Crippen molar-refractivity contribution < 1.29 is 14.3 Å². The van der Waals surface area contributed by atoms with Crippen LogP contribution in [0.15, 0.2) is 30.5 Å². The summed E-state index contributed by atoms with van der Waals surface area (Å²) in [5, 5.41) is 19.1. The summed E-state index contributed by atoms with van der Waals surface area (Å²) in [7, 11) is 0. The lowest BCUT2D eigenvalue weighted by Crippen LogP contribution is -2.39. The molecule has 0 aliphatic rings. The Balaban J connectivity index is 2.15. The molecule has 0 aliphatic heterocycles. The molecule has 2 aromatic rings. The molecule has 6 heteroatoms. The minimum Gasteiger partial charge on any atom is -0.396 e. The highest BCUT2D eigenvalue weighted by Gasteiger charge is 2.26. The average molecular weight is 319 g/mol. The van der Waals surface area contributed by atoms with Gasteiger partial charge < -0.3 is 10.4 Å². The van der Waals surface area contributed by atoms with Crippen molar-refractivity contribution in [3.8, 4) is 11.3 Å². The summed E-state index contributed by atoms with van der Waals surface area (Å²) >= 11 is 0. The molecule has 0 fully saturated rings. The van der Waals surface area contributed by atoms with Gasteiger partial charge in [-0.15, -0.1) is 0 Å². The summed E-state index contributed by atoms with van der Waals surface area (Å²) in [6, 6.07) is 5.86. The van der Waals surface area contributed by atoms with E-state index < -0.39 is 0 Å². The van der Waals surface area contributed by atoms with Crippen LogP contribution < -0.4 is 5.32 Å². The lowest BCUT2D eigenvalue weighted by Gasteiger charge is -2.29. The largest absolute Gasteiger partial charge is 0.396 e. The van der Waals surface area contributed by atoms with E-state index in [4.69, 9.17) is 0 Å². The number of aliphatic hydroxyl groups excluding tert-OH is 1. The predicted molar refractivity (Wildman–Crippen MR) is 86.4 cm³/mol. The van der Waals surface area contributed by atoms with Crippen LogP contribution in [0.3, 0.4) is 0 Å². The van der Waals surface area contributed by atoms with E-state index in [9.17, 15) is 14.3 Å². The number of hydrogen-bond donors (Lipinski definition) is 3. The van der Waals surface area contributed by atoms with Crippen molar-refractivity contribution >= 4 is 5.91 Å². The highest BCUT2D eigenvalue weighted by atomic mass is 19.1. The van der Waals surface area contributed by atoms with E-state index in [1.165, 1.54) is 18.3 Å². The molecule has 3 N–H and O–H groups in total. The van der Waals surface area contributed by atoms with Crippen LogP contribution in [0.1, 0.15) is 37.0 Å². The average Bonchev–Trinajstić information content (AvgIpc) is 3.07. The molecule has 0 spiro atoms. The molecule has 124 valence electrons. The van der Waals surface area contributed by atoms with Gasteiger partial charge in [-0.25, -0.2) is 4.39 Å². The van der Waals surface area contributed by atoms with Gasteiger partial charge in [0.1, 0.15) is 5.82 Å². The van der Waals surface area contributed by atoms with Gasteiger partial charge in [-0.05, 0) is 37.1 Å². The molecule has 0 unspecified atom stereocenters. The van der Waals surface area contributed by atoms with Crippen LogP contribution in [-0.4, -0.2) is 34.4 Å². The smallest absolute Gasteiger partial charge is 0.255 e. The van der Waals surface area contributed by atoms with Gasteiger partial charge in [0.05, 0.1) is 24.1 Å². The molecule has 1 amide bonds. The molecule has 2 rings (SSSR count). The standard InChI is InChI=1S/C17H22FN3O2/c1-3-17(4-2,11-22)10-19-16(23)14-9-20-21-15(14)12-5-7-13(18)8-6-12/h5-9,22H,3-4,10-11H2,1-2H3,(H,19,23)(H,20,21). The summed E-state index contributed by atoms with van der Waals surface area (Å²) < 4.78 is 13.0. The van der Waals surface area contributed by atoms with E-state index in [1.807, 2.05) is 13.8 Å². The number of rotatable bonds is 7. The van der Waals surface area contributed by atoms with Gasteiger partial charge >= 0.3 is 0 Å². The Kier molecular flexibility index (Phi) is 5.50. The van der Waals surface area contributed by atoms with E-state index >= 15 is 0 Å². The highest BCUT2D eigenvalue weighted by molar-refractivity contribution is 5.99. The zero-order valence-corrected chi connectivity index (χ0v) is 13.4. The van der Waals surface area contributed by atoms with Gasteiger partial charge in [-0.2, -0.15) is 5.10 Å². The van der Waals surface area contributed by atoms with E-state index in [0.717, 1.165) is 12.8 Å². The van der Waals surface area contributed by atoms with E-state index in [1.54, 1.807) is 12.1 Å². The van der Waals surface area contributed by atoms with Crippen molar-refractivity contribution in [3.63, 3.8) is 0 Å². The topological polar surface area (TPSA) is 78.0 Å². The second kappa shape index (κ2) is 7.37. The fraction of sp³-hybridized carbons (Fsp3) is 0.412. The summed E-state index contributed by atoms with van der Waals surface area (Å²) in [4.78, 5) is 12.4. The SMILES string of the molecule is CCC(CC)(CO)CNC(=O)c1cn[nH]c1-c1ccc(F)cc1. The first-order valence-corrected chi connectivity index (χ1v) is 7.73. The van der Waals surface area contributed by atoms with E-state index in [2.05, 4.69) is 15.5 Å². The second-order valence-corrected chi connectivity index (χ2v) is 5.71. The fourth-order valence-corrected chi connectivity index (χ4v) is 2.44. The summed E-state index contributed by atoms with van der Waals surface area (Å²) in [5.41, 5.74) is 1.32. The highest BCUT2D eigenvalue weighted by Crippen LogP contribution is 2.25. The Bertz CT molecular complexity index is 640. The molecule has 1 aromatic heterocycles. The Morgan fingerprint density at radius 1 is 1.30 bits per heavy atom. The van der Waals surface area contributed by atoms with Crippen molar-refractivity contribution in [2.75, 3.05) is 13.2 Å². The number of carbonyl (C=O) groups excluding carboxylic acids is 1. The first kappa shape index (κ1) is 17.1. The fourth-order valence-electron chi connectivity index (χ4n) is 2.44. The molecular formula is C17H22FN3O2. The molecule has 1 aromatic carbocycles. The van der Waals surface area contributed by atoms with Crippen LogP contribution in [0.25, 0.3) is 11.3 Å². The monoisotopic (exact) mass is 319 g/mol. The zero-order chi connectivity index (χ0) is 16.9. The zero-order valence-electron chi connectivity index (χ0n) is 13.4. The normalized spacial score (nSPS) is 11.5. The van der Waals surface area contributed by atoms with Crippen molar-refractivity contribution in [3.05, 3.63) is 41.8 Å². The maximum absolute atomic E-state index is 13.0. The van der Waals surface area contributed by atoms with Crippen molar-refractivity contribution in [1.82, 2.24) is 15.5 Å². The Hall–Kier alpha value is -2.21. The van der Waals surface area contributed by atoms with E-state index in [-0.39, 0.29) is 23.7 Å². The molecule has 23 heavy (non-hydrogen) atoms. The third-order valence-corrected chi connectivity index (χ3v) is 4.48. The third kappa shape index (κ3) is 3.76. The van der Waals surface area contributed by atoms with Crippen LogP contribution >= 0.6 is 0 Å². The molecule has 0 atom stereocenters. The van der Waals surface area contributed by atoms with Crippen LogP contribution in [0.2, 0.25) is 0 Å². The number of amides is 1. The maximum atomic E-state index is 13.0. The number of aliphatic hydroxyl groups is 1. The van der Waals surface area contributed by atoms with Crippen LogP contribution in [0, 0.1) is 11.2 Å². The molecule has 0 aliphatic carbocycles. The van der Waals surface area contributed by atoms with Gasteiger partial charge in [-0.3, -0.25) is 9.89 Å². The minimum absolute atomic E-state index is 0.0243. The number of aromatic amines is 1. The number of nitrogens with zero attached hydrogens (tertiary/aromatic N) is 1. The van der Waals surface area contributed by atoms with Crippen LogP contribution in [-0.2, 0) is 0 Å². The Morgan fingerprint density at radius 3 is 2.52 bits per heavy atom. The van der Waals surface area contributed by atoms with Gasteiger partial charge in [-0.1, -0.05) is 13.8 Å². The van der Waals surface area contributed by atoms with Crippen molar-refractivity contribution in [2.24, 2.45) is 5.41 Å². The van der Waals surface area contributed by atoms with E-state index in [0.29, 0.717) is 23.4 Å². The number of carbonyl (C=O) groups is 1. The van der Waals surface area contributed by atoms with Crippen LogP contribution in [0.5, 0.6) is 0 Å². The third-order valence-electron chi connectivity index (χ3n) is 4.48. The quantitative estimate of drug-likeness (QED) is 0.734. The number of hydrogen-bond acceptors (Lipinski definition) is 3. The summed E-state index contributed by atoms with van der Waals surface area (Å²) in [6.07, 6.45) is 3.00. The maximum Gasteiger partial charge on any atom is 0.255 e. The molecule has 1 heterocycles. The number of aromatic nitrogens is 2. The molecule has 0 bridgehead atoms. The molecular weight excluding hydrogens is 297 g/mol. The van der Waals surface area contributed by atoms with Crippen molar-refractivity contribution in [2.45, 2.75) is 26.7 Å². The molecule has 0 radical (unpaired) electrons. The Labute approximate surface area is 134 Å². The minimum atomic E-state index is -0.335. The van der Waals surface area contributed by atoms with Crippen molar-refractivity contribution in [1.29, 1.82) is 0 Å². The number of H-pyrrole nitrogens is 1.